The molecule has 12 heteroatoms. The number of nitrogens with two attached hydrogens (primary N) is 1. The van der Waals surface area contributed by atoms with Crippen molar-refractivity contribution in [3.8, 4) is 0 Å². The topological polar surface area (TPSA) is 148 Å². The number of piperidine rings is 1. The lowest BCUT2D eigenvalue weighted by atomic mass is 10.1. The van der Waals surface area contributed by atoms with Gasteiger partial charge in [-0.15, -0.1) is 0 Å². The van der Waals surface area contributed by atoms with Crippen LogP contribution in [0.2, 0.25) is 0 Å². The summed E-state index contributed by atoms with van der Waals surface area (Å²) in [6, 6.07) is 1.87. The van der Waals surface area contributed by atoms with Gasteiger partial charge in [0.25, 0.3) is 5.91 Å². The van der Waals surface area contributed by atoms with Crippen LogP contribution in [0.4, 0.5) is 27.8 Å². The average Bonchev–Trinajstić information content (AvgIpc) is 2.84. The number of nitrogens with zero attached hydrogens (tertiary/aromatic N) is 5. The van der Waals surface area contributed by atoms with E-state index in [0.717, 1.165) is 18.8 Å². The van der Waals surface area contributed by atoms with Gasteiger partial charge in [0.2, 0.25) is 0 Å². The third-order valence-electron chi connectivity index (χ3n) is 5.94. The number of hydrogen-bond donors (Lipinski definition) is 3. The van der Waals surface area contributed by atoms with Crippen molar-refractivity contribution in [3.05, 3.63) is 30.4 Å². The number of carbonyl (C=O) groups excluding carboxylic acids is 2. The minimum Gasteiger partial charge on any atom is -0.444 e. The maximum absolute atomic E-state index is 13.1. The molecule has 4 rings (SSSR count). The molecule has 0 spiro atoms. The van der Waals surface area contributed by atoms with Gasteiger partial charge in [0.1, 0.15) is 11.4 Å². The molecule has 0 atom stereocenters. The number of nitrogen functional groups attached to an aromatic ring is 1. The summed E-state index contributed by atoms with van der Waals surface area (Å²) in [5.74, 6) is 0.157. The second-order valence-corrected chi connectivity index (χ2v) is 9.82. The van der Waals surface area contributed by atoms with Gasteiger partial charge in [0.05, 0.1) is 37.0 Å². The van der Waals surface area contributed by atoms with Gasteiger partial charge in [-0.2, -0.15) is 0 Å². The second kappa shape index (κ2) is 10.9. The Hall–Kier alpha value is -3.67. The SMILES string of the molecule is CC(C)(C)OC(=O)NC1CCN(c2cnc(N)c(C(=O)Nc3cnccc3N3CCOCC3)n2)CC1. The van der Waals surface area contributed by atoms with Crippen molar-refractivity contribution in [1.82, 2.24) is 20.3 Å². The van der Waals surface area contributed by atoms with Gasteiger partial charge in [0, 0.05) is 38.4 Å². The summed E-state index contributed by atoms with van der Waals surface area (Å²) in [5, 5.41) is 5.82. The zero-order valence-electron chi connectivity index (χ0n) is 21.0. The third kappa shape index (κ3) is 6.51. The first kappa shape index (κ1) is 25.4. The molecule has 2 amide bonds. The average molecular weight is 499 g/mol. The van der Waals surface area contributed by atoms with Crippen LogP contribution in [-0.2, 0) is 9.47 Å². The summed E-state index contributed by atoms with van der Waals surface area (Å²) in [4.78, 5) is 42.3. The predicted octanol–water partition coefficient (Wildman–Crippen LogP) is 2.04. The van der Waals surface area contributed by atoms with Crippen molar-refractivity contribution in [2.24, 2.45) is 0 Å². The summed E-state index contributed by atoms with van der Waals surface area (Å²) in [6.07, 6.45) is 5.88. The van der Waals surface area contributed by atoms with E-state index in [2.05, 4.69) is 30.5 Å². The van der Waals surface area contributed by atoms with Gasteiger partial charge < -0.3 is 35.6 Å². The van der Waals surface area contributed by atoms with Gasteiger partial charge in [-0.05, 0) is 39.7 Å². The number of morpholine rings is 1. The number of anilines is 4. The Kier molecular flexibility index (Phi) is 7.73. The van der Waals surface area contributed by atoms with Crippen LogP contribution in [-0.4, -0.2) is 78.0 Å². The van der Waals surface area contributed by atoms with Crippen LogP contribution in [0.5, 0.6) is 0 Å². The van der Waals surface area contributed by atoms with E-state index in [-0.39, 0.29) is 17.6 Å². The van der Waals surface area contributed by atoms with Gasteiger partial charge in [0.15, 0.2) is 11.5 Å². The highest BCUT2D eigenvalue weighted by molar-refractivity contribution is 6.07. The molecule has 0 unspecified atom stereocenters. The molecule has 0 saturated carbocycles. The molecule has 4 heterocycles. The zero-order valence-corrected chi connectivity index (χ0v) is 21.0. The lowest BCUT2D eigenvalue weighted by Gasteiger charge is -2.33. The molecular weight excluding hydrogens is 464 g/mol. The van der Waals surface area contributed by atoms with E-state index in [1.165, 1.54) is 0 Å². The molecule has 0 aliphatic carbocycles. The second-order valence-electron chi connectivity index (χ2n) is 9.82. The Morgan fingerprint density at radius 1 is 1.11 bits per heavy atom. The van der Waals surface area contributed by atoms with E-state index in [0.29, 0.717) is 50.7 Å². The van der Waals surface area contributed by atoms with Crippen molar-refractivity contribution < 1.29 is 19.1 Å². The van der Waals surface area contributed by atoms with E-state index in [4.69, 9.17) is 15.2 Å². The molecule has 4 N–H and O–H groups in total. The molecule has 36 heavy (non-hydrogen) atoms. The number of rotatable bonds is 5. The standard InChI is InChI=1S/C24H34N8O4/c1-24(2,3)36-23(34)28-16-5-8-32(9-6-16)19-15-27-21(25)20(30-19)22(33)29-17-14-26-7-4-18(17)31-10-12-35-13-11-31/h4,7,14-16H,5-6,8-13H2,1-3H3,(H2,25,27)(H,28,34)(H,29,33). The summed E-state index contributed by atoms with van der Waals surface area (Å²) < 4.78 is 10.8. The number of ether oxygens (including phenoxy) is 2. The highest BCUT2D eigenvalue weighted by atomic mass is 16.6. The fourth-order valence-electron chi connectivity index (χ4n) is 4.18. The minimum absolute atomic E-state index is 0.00444. The number of carbonyl (C=O) groups is 2. The van der Waals surface area contributed by atoms with Gasteiger partial charge >= 0.3 is 6.09 Å². The highest BCUT2D eigenvalue weighted by Crippen LogP contribution is 2.27. The predicted molar refractivity (Wildman–Crippen MR) is 136 cm³/mol. The Balaban J connectivity index is 1.40. The Bertz CT molecular complexity index is 1080. The van der Waals surface area contributed by atoms with E-state index >= 15 is 0 Å². The smallest absolute Gasteiger partial charge is 0.407 e. The van der Waals surface area contributed by atoms with Crippen molar-refractivity contribution in [1.29, 1.82) is 0 Å². The molecule has 2 aromatic heterocycles. The van der Waals surface area contributed by atoms with Crippen molar-refractivity contribution >= 4 is 35.0 Å². The number of nitrogens with one attached hydrogen (secondary N) is 2. The molecule has 2 fully saturated rings. The highest BCUT2D eigenvalue weighted by Gasteiger charge is 2.26. The number of aromatic nitrogens is 3. The van der Waals surface area contributed by atoms with Gasteiger partial charge in [-0.25, -0.2) is 14.8 Å². The molecule has 194 valence electrons. The molecule has 2 aromatic rings. The fraction of sp³-hybridized carbons (Fsp3) is 0.542. The van der Waals surface area contributed by atoms with Crippen LogP contribution in [0.25, 0.3) is 0 Å². The molecular formula is C24H34N8O4. The lowest BCUT2D eigenvalue weighted by molar-refractivity contribution is 0.0497. The van der Waals surface area contributed by atoms with E-state index < -0.39 is 17.6 Å². The van der Waals surface area contributed by atoms with E-state index in [1.54, 1.807) is 18.6 Å². The monoisotopic (exact) mass is 498 g/mol. The Morgan fingerprint density at radius 3 is 2.53 bits per heavy atom. The first-order valence-corrected chi connectivity index (χ1v) is 12.1. The number of amides is 2. The maximum atomic E-state index is 13.1. The summed E-state index contributed by atoms with van der Waals surface area (Å²) in [6.45, 7) is 9.49. The number of alkyl carbamates (subject to hydrolysis) is 1. The number of pyridine rings is 1. The van der Waals surface area contributed by atoms with Gasteiger partial charge in [-0.1, -0.05) is 0 Å². The van der Waals surface area contributed by atoms with Crippen LogP contribution < -0.4 is 26.2 Å². The van der Waals surface area contributed by atoms with Crippen molar-refractivity contribution in [3.63, 3.8) is 0 Å². The molecule has 2 aliphatic rings. The molecule has 2 saturated heterocycles. The van der Waals surface area contributed by atoms with Crippen molar-refractivity contribution in [2.45, 2.75) is 45.3 Å². The largest absolute Gasteiger partial charge is 0.444 e. The lowest BCUT2D eigenvalue weighted by Crippen LogP contribution is -2.46. The Morgan fingerprint density at radius 2 is 1.83 bits per heavy atom. The summed E-state index contributed by atoms with van der Waals surface area (Å²) >= 11 is 0. The van der Waals surface area contributed by atoms with Crippen LogP contribution in [0, 0.1) is 0 Å². The molecule has 0 aromatic carbocycles. The van der Waals surface area contributed by atoms with Crippen LogP contribution in [0.3, 0.4) is 0 Å². The Labute approximate surface area is 210 Å². The van der Waals surface area contributed by atoms with Crippen LogP contribution in [0.15, 0.2) is 24.7 Å². The summed E-state index contributed by atoms with van der Waals surface area (Å²) in [5.41, 5.74) is 6.98. The van der Waals surface area contributed by atoms with Crippen LogP contribution >= 0.6 is 0 Å². The first-order valence-electron chi connectivity index (χ1n) is 12.1. The first-order chi connectivity index (χ1) is 17.2. The third-order valence-corrected chi connectivity index (χ3v) is 5.94. The van der Waals surface area contributed by atoms with Crippen molar-refractivity contribution in [2.75, 3.05) is 60.2 Å². The fourth-order valence-corrected chi connectivity index (χ4v) is 4.18. The summed E-state index contributed by atoms with van der Waals surface area (Å²) in [7, 11) is 0. The van der Waals surface area contributed by atoms with E-state index in [1.807, 2.05) is 31.7 Å². The zero-order chi connectivity index (χ0) is 25.7. The molecule has 0 bridgehead atoms. The molecule has 2 aliphatic heterocycles. The molecule has 0 radical (unpaired) electrons. The van der Waals surface area contributed by atoms with Crippen LogP contribution in [0.1, 0.15) is 44.1 Å². The normalized spacial score (nSPS) is 17.0. The van der Waals surface area contributed by atoms with E-state index in [9.17, 15) is 9.59 Å². The maximum Gasteiger partial charge on any atom is 0.407 e. The van der Waals surface area contributed by atoms with Gasteiger partial charge in [-0.3, -0.25) is 9.78 Å². The quantitative estimate of drug-likeness (QED) is 0.559. The minimum atomic E-state index is -0.542. The number of hydrogen-bond acceptors (Lipinski definition) is 10. The molecule has 12 nitrogen and oxygen atoms in total.